The molecule has 124 valence electrons. The molecule has 0 fully saturated rings. The Labute approximate surface area is 151 Å². The zero-order chi connectivity index (χ0) is 17.7. The number of ether oxygens (including phenoxy) is 1. The summed E-state index contributed by atoms with van der Waals surface area (Å²) >= 11 is 12.0. The molecule has 2 atom stereocenters. The van der Waals surface area contributed by atoms with Crippen molar-refractivity contribution in [3.63, 3.8) is 0 Å². The SMILES string of the molecule is C[C@H](NC(=O)[C@@H](C)Oc1cccc(C#N)c1)c1ccc(Cl)cc1Cl. The van der Waals surface area contributed by atoms with E-state index in [0.29, 0.717) is 21.4 Å². The highest BCUT2D eigenvalue weighted by molar-refractivity contribution is 6.35. The van der Waals surface area contributed by atoms with Crippen molar-refractivity contribution in [2.45, 2.75) is 26.0 Å². The number of nitrogens with zero attached hydrogens (tertiary/aromatic N) is 1. The number of carbonyl (C=O) groups excluding carboxylic acids is 1. The maximum Gasteiger partial charge on any atom is 0.261 e. The molecule has 0 saturated heterocycles. The lowest BCUT2D eigenvalue weighted by molar-refractivity contribution is -0.127. The number of halogens is 2. The third kappa shape index (κ3) is 4.64. The molecule has 0 saturated carbocycles. The molecule has 0 heterocycles. The van der Waals surface area contributed by atoms with Crippen molar-refractivity contribution in [2.24, 2.45) is 0 Å². The van der Waals surface area contributed by atoms with Crippen molar-refractivity contribution in [1.29, 1.82) is 5.26 Å². The van der Waals surface area contributed by atoms with Crippen molar-refractivity contribution in [3.05, 3.63) is 63.6 Å². The molecule has 0 aliphatic rings. The van der Waals surface area contributed by atoms with E-state index in [-0.39, 0.29) is 11.9 Å². The number of benzene rings is 2. The summed E-state index contributed by atoms with van der Waals surface area (Å²) < 4.78 is 5.59. The number of rotatable bonds is 5. The van der Waals surface area contributed by atoms with E-state index >= 15 is 0 Å². The highest BCUT2D eigenvalue weighted by Crippen LogP contribution is 2.26. The van der Waals surface area contributed by atoms with Crippen molar-refractivity contribution >= 4 is 29.1 Å². The number of nitrogens with one attached hydrogen (secondary N) is 1. The van der Waals surface area contributed by atoms with E-state index < -0.39 is 6.10 Å². The van der Waals surface area contributed by atoms with Crippen LogP contribution in [-0.4, -0.2) is 12.0 Å². The summed E-state index contributed by atoms with van der Waals surface area (Å²) in [5.41, 5.74) is 1.24. The van der Waals surface area contributed by atoms with Gasteiger partial charge in [0.25, 0.3) is 5.91 Å². The van der Waals surface area contributed by atoms with Gasteiger partial charge in [0.1, 0.15) is 5.75 Å². The van der Waals surface area contributed by atoms with E-state index in [0.717, 1.165) is 5.56 Å². The summed E-state index contributed by atoms with van der Waals surface area (Å²) in [4.78, 5) is 12.3. The molecule has 0 aliphatic heterocycles. The average Bonchev–Trinajstić information content (AvgIpc) is 2.54. The van der Waals surface area contributed by atoms with Crippen LogP contribution >= 0.6 is 23.2 Å². The second-order valence-corrected chi connectivity index (χ2v) is 6.14. The summed E-state index contributed by atoms with van der Waals surface area (Å²) in [6.07, 6.45) is -0.715. The lowest BCUT2D eigenvalue weighted by Gasteiger charge is -2.20. The van der Waals surface area contributed by atoms with Crippen LogP contribution in [0.3, 0.4) is 0 Å². The van der Waals surface area contributed by atoms with E-state index in [1.165, 1.54) is 0 Å². The molecule has 1 N–H and O–H groups in total. The Morgan fingerprint density at radius 1 is 1.21 bits per heavy atom. The largest absolute Gasteiger partial charge is 0.481 e. The molecule has 0 unspecified atom stereocenters. The fraction of sp³-hybridized carbons (Fsp3) is 0.222. The second kappa shape index (κ2) is 8.05. The number of hydrogen-bond acceptors (Lipinski definition) is 3. The van der Waals surface area contributed by atoms with Gasteiger partial charge < -0.3 is 10.1 Å². The minimum Gasteiger partial charge on any atom is -0.481 e. The molecule has 0 aliphatic carbocycles. The first kappa shape index (κ1) is 18.1. The Balaban J connectivity index is 2.01. The molecule has 0 radical (unpaired) electrons. The Hall–Kier alpha value is -2.22. The molecule has 24 heavy (non-hydrogen) atoms. The smallest absolute Gasteiger partial charge is 0.261 e. The minimum absolute atomic E-state index is 0.282. The van der Waals surface area contributed by atoms with Gasteiger partial charge in [0.2, 0.25) is 0 Å². The molecule has 2 rings (SSSR count). The third-order valence-corrected chi connectivity index (χ3v) is 4.00. The van der Waals surface area contributed by atoms with Gasteiger partial charge in [-0.2, -0.15) is 5.26 Å². The van der Waals surface area contributed by atoms with Crippen LogP contribution in [0.1, 0.15) is 31.0 Å². The van der Waals surface area contributed by atoms with Crippen LogP contribution < -0.4 is 10.1 Å². The van der Waals surface area contributed by atoms with Crippen LogP contribution in [0.4, 0.5) is 0 Å². The number of amides is 1. The standard InChI is InChI=1S/C18H16Cl2N2O2/c1-11(16-7-6-14(19)9-17(16)20)22-18(23)12(2)24-15-5-3-4-13(8-15)10-21/h3-9,11-12H,1-2H3,(H,22,23)/t11-,12+/m0/s1. The summed E-state index contributed by atoms with van der Waals surface area (Å²) in [6, 6.07) is 13.5. The summed E-state index contributed by atoms with van der Waals surface area (Å²) in [6.45, 7) is 3.47. The summed E-state index contributed by atoms with van der Waals surface area (Å²) in [7, 11) is 0. The zero-order valence-electron chi connectivity index (χ0n) is 13.2. The first-order chi connectivity index (χ1) is 11.4. The third-order valence-electron chi connectivity index (χ3n) is 3.43. The molecule has 0 aromatic heterocycles. The van der Waals surface area contributed by atoms with Gasteiger partial charge >= 0.3 is 0 Å². The highest BCUT2D eigenvalue weighted by Gasteiger charge is 2.19. The van der Waals surface area contributed by atoms with E-state index in [9.17, 15) is 4.79 Å². The first-order valence-electron chi connectivity index (χ1n) is 7.33. The van der Waals surface area contributed by atoms with Gasteiger partial charge in [-0.15, -0.1) is 0 Å². The lowest BCUT2D eigenvalue weighted by atomic mass is 10.1. The monoisotopic (exact) mass is 362 g/mol. The molecule has 6 heteroatoms. The lowest BCUT2D eigenvalue weighted by Crippen LogP contribution is -2.37. The maximum absolute atomic E-state index is 12.3. The van der Waals surface area contributed by atoms with Gasteiger partial charge in [-0.05, 0) is 49.7 Å². The molecule has 4 nitrogen and oxygen atoms in total. The first-order valence-corrected chi connectivity index (χ1v) is 8.08. The van der Waals surface area contributed by atoms with Crippen LogP contribution in [0, 0.1) is 11.3 Å². The molecule has 0 bridgehead atoms. The highest BCUT2D eigenvalue weighted by atomic mass is 35.5. The van der Waals surface area contributed by atoms with E-state index in [1.807, 2.05) is 13.0 Å². The van der Waals surface area contributed by atoms with E-state index in [4.69, 9.17) is 33.2 Å². The fourth-order valence-corrected chi connectivity index (χ4v) is 2.73. The van der Waals surface area contributed by atoms with E-state index in [1.54, 1.807) is 49.4 Å². The van der Waals surface area contributed by atoms with Crippen LogP contribution in [0.2, 0.25) is 10.0 Å². The Morgan fingerprint density at radius 2 is 1.96 bits per heavy atom. The Kier molecular flexibility index (Phi) is 6.08. The Morgan fingerprint density at radius 3 is 2.62 bits per heavy atom. The molecule has 1 amide bonds. The fourth-order valence-electron chi connectivity index (χ4n) is 2.16. The maximum atomic E-state index is 12.3. The normalized spacial score (nSPS) is 12.8. The second-order valence-electron chi connectivity index (χ2n) is 5.30. The van der Waals surface area contributed by atoms with Crippen molar-refractivity contribution in [3.8, 4) is 11.8 Å². The summed E-state index contributed by atoms with van der Waals surface area (Å²) in [5.74, 6) is 0.185. The van der Waals surface area contributed by atoms with Gasteiger partial charge in [0, 0.05) is 10.0 Å². The minimum atomic E-state index is -0.715. The summed E-state index contributed by atoms with van der Waals surface area (Å²) in [5, 5.41) is 12.8. The van der Waals surface area contributed by atoms with Crippen molar-refractivity contribution in [2.75, 3.05) is 0 Å². The predicted molar refractivity (Wildman–Crippen MR) is 94.3 cm³/mol. The molecular formula is C18H16Cl2N2O2. The molecule has 0 spiro atoms. The topological polar surface area (TPSA) is 62.1 Å². The molecular weight excluding hydrogens is 347 g/mol. The number of hydrogen-bond donors (Lipinski definition) is 1. The van der Waals surface area contributed by atoms with Gasteiger partial charge in [-0.1, -0.05) is 35.3 Å². The predicted octanol–water partition coefficient (Wildman–Crippen LogP) is 4.51. The van der Waals surface area contributed by atoms with Gasteiger partial charge in [-0.25, -0.2) is 0 Å². The van der Waals surface area contributed by atoms with Gasteiger partial charge in [0.15, 0.2) is 6.10 Å². The van der Waals surface area contributed by atoms with Crippen molar-refractivity contribution in [1.82, 2.24) is 5.32 Å². The Bertz CT molecular complexity index is 787. The van der Waals surface area contributed by atoms with Crippen LogP contribution in [0.25, 0.3) is 0 Å². The number of nitriles is 1. The molecule has 2 aromatic rings. The number of carbonyl (C=O) groups is 1. The average molecular weight is 363 g/mol. The van der Waals surface area contributed by atoms with Gasteiger partial charge in [0.05, 0.1) is 17.7 Å². The zero-order valence-corrected chi connectivity index (χ0v) is 14.7. The van der Waals surface area contributed by atoms with E-state index in [2.05, 4.69) is 5.32 Å². The van der Waals surface area contributed by atoms with Crippen LogP contribution in [-0.2, 0) is 4.79 Å². The van der Waals surface area contributed by atoms with Crippen LogP contribution in [0.15, 0.2) is 42.5 Å². The quantitative estimate of drug-likeness (QED) is 0.850. The van der Waals surface area contributed by atoms with Crippen molar-refractivity contribution < 1.29 is 9.53 Å². The van der Waals surface area contributed by atoms with Crippen LogP contribution in [0.5, 0.6) is 5.75 Å². The molecule has 2 aromatic carbocycles. The van der Waals surface area contributed by atoms with Gasteiger partial charge in [-0.3, -0.25) is 4.79 Å².